The Labute approximate surface area is 136 Å². The molecule has 0 aromatic heterocycles. The number of Topliss-reactive ketones (excluding diaryl/α,β-unsaturated/α-hetero) is 1. The van der Waals surface area contributed by atoms with E-state index in [1.54, 1.807) is 26.0 Å². The predicted octanol–water partition coefficient (Wildman–Crippen LogP) is 3.34. The van der Waals surface area contributed by atoms with Crippen LogP contribution in [0.3, 0.4) is 0 Å². The third kappa shape index (κ3) is 4.77. The van der Waals surface area contributed by atoms with E-state index in [9.17, 15) is 14.4 Å². The van der Waals surface area contributed by atoms with Gasteiger partial charge in [-0.1, -0.05) is 26.0 Å². The van der Waals surface area contributed by atoms with Gasteiger partial charge in [0.05, 0.1) is 11.7 Å². The van der Waals surface area contributed by atoms with Gasteiger partial charge in [0, 0.05) is 0 Å². The number of allylic oxidation sites excluding steroid dienone is 1. The second-order valence-electron chi connectivity index (χ2n) is 5.84. The maximum absolute atomic E-state index is 12.3. The number of ketones is 1. The molecule has 0 aliphatic rings. The summed E-state index contributed by atoms with van der Waals surface area (Å²) >= 11 is 0. The molecular weight excluding hydrogens is 296 g/mol. The zero-order chi connectivity index (χ0) is 17.7. The Bertz CT molecular complexity index is 636. The third-order valence-electron chi connectivity index (χ3n) is 3.19. The molecule has 0 bridgehead atoms. The number of ether oxygens (including phenoxy) is 1. The van der Waals surface area contributed by atoms with Gasteiger partial charge in [-0.3, -0.25) is 4.79 Å². The van der Waals surface area contributed by atoms with Crippen LogP contribution in [0.4, 0.5) is 0 Å². The van der Waals surface area contributed by atoms with Crippen molar-refractivity contribution in [1.29, 1.82) is 0 Å². The summed E-state index contributed by atoms with van der Waals surface area (Å²) in [7, 11) is 0. The standard InChI is InChI=1S/C18H22O5/c1-10(2)15(13-6-8-14(9-7-13)17(20)21)16(12(5)19)18(22)23-11(3)4/h6-11H,1-5H3,(H,20,21). The third-order valence-corrected chi connectivity index (χ3v) is 3.19. The minimum Gasteiger partial charge on any atom is -0.478 e. The highest BCUT2D eigenvalue weighted by atomic mass is 16.5. The molecule has 0 aliphatic heterocycles. The Hall–Kier alpha value is -2.43. The fourth-order valence-corrected chi connectivity index (χ4v) is 2.28. The summed E-state index contributed by atoms with van der Waals surface area (Å²) in [5.41, 5.74) is 1.35. The molecular formula is C18H22O5. The van der Waals surface area contributed by atoms with Gasteiger partial charge >= 0.3 is 11.9 Å². The topological polar surface area (TPSA) is 80.7 Å². The van der Waals surface area contributed by atoms with Crippen LogP contribution in [0.2, 0.25) is 0 Å². The zero-order valence-corrected chi connectivity index (χ0v) is 14.0. The number of hydrogen-bond acceptors (Lipinski definition) is 4. The number of hydrogen-bond donors (Lipinski definition) is 1. The molecule has 0 spiro atoms. The van der Waals surface area contributed by atoms with Crippen molar-refractivity contribution in [3.05, 3.63) is 41.0 Å². The van der Waals surface area contributed by atoms with Crippen LogP contribution in [0, 0.1) is 5.92 Å². The quantitative estimate of drug-likeness (QED) is 0.376. The van der Waals surface area contributed by atoms with Crippen LogP contribution in [-0.2, 0) is 14.3 Å². The number of carbonyl (C=O) groups is 3. The monoisotopic (exact) mass is 318 g/mol. The summed E-state index contributed by atoms with van der Waals surface area (Å²) in [5, 5.41) is 8.97. The van der Waals surface area contributed by atoms with E-state index in [1.165, 1.54) is 19.1 Å². The molecule has 0 amide bonds. The molecule has 0 saturated heterocycles. The first-order valence-electron chi connectivity index (χ1n) is 7.45. The molecule has 1 N–H and O–H groups in total. The first-order valence-corrected chi connectivity index (χ1v) is 7.45. The zero-order valence-electron chi connectivity index (χ0n) is 14.0. The molecule has 0 unspecified atom stereocenters. The van der Waals surface area contributed by atoms with Crippen LogP contribution < -0.4 is 0 Å². The van der Waals surface area contributed by atoms with E-state index in [2.05, 4.69) is 0 Å². The summed E-state index contributed by atoms with van der Waals surface area (Å²) < 4.78 is 5.18. The first kappa shape index (κ1) is 18.6. The molecule has 0 saturated carbocycles. The Kier molecular flexibility index (Phi) is 6.25. The first-order chi connectivity index (χ1) is 10.6. The smallest absolute Gasteiger partial charge is 0.342 e. The lowest BCUT2D eigenvalue weighted by Gasteiger charge is -2.18. The number of carbonyl (C=O) groups excluding carboxylic acids is 2. The van der Waals surface area contributed by atoms with Crippen molar-refractivity contribution in [1.82, 2.24) is 0 Å². The van der Waals surface area contributed by atoms with Gasteiger partial charge in [-0.05, 0) is 50.0 Å². The minimum atomic E-state index is -1.03. The Morgan fingerprint density at radius 3 is 1.78 bits per heavy atom. The van der Waals surface area contributed by atoms with Crippen LogP contribution in [-0.4, -0.2) is 28.9 Å². The van der Waals surface area contributed by atoms with Crippen LogP contribution >= 0.6 is 0 Å². The molecule has 5 nitrogen and oxygen atoms in total. The average Bonchev–Trinajstić information content (AvgIpc) is 2.42. The lowest BCUT2D eigenvalue weighted by Crippen LogP contribution is -2.20. The van der Waals surface area contributed by atoms with Crippen LogP contribution in [0.1, 0.15) is 50.5 Å². The Morgan fingerprint density at radius 1 is 0.957 bits per heavy atom. The largest absolute Gasteiger partial charge is 0.478 e. The fourth-order valence-electron chi connectivity index (χ4n) is 2.28. The van der Waals surface area contributed by atoms with Crippen molar-refractivity contribution in [2.75, 3.05) is 0 Å². The highest BCUT2D eigenvalue weighted by Crippen LogP contribution is 2.28. The number of carboxylic acids is 1. The lowest BCUT2D eigenvalue weighted by atomic mass is 9.88. The van der Waals surface area contributed by atoms with Crippen molar-refractivity contribution in [3.8, 4) is 0 Å². The molecule has 1 rings (SSSR count). The molecule has 23 heavy (non-hydrogen) atoms. The van der Waals surface area contributed by atoms with Gasteiger partial charge in [0.15, 0.2) is 5.78 Å². The summed E-state index contributed by atoms with van der Waals surface area (Å²) in [5.74, 6) is -2.16. The summed E-state index contributed by atoms with van der Waals surface area (Å²) in [4.78, 5) is 35.3. The summed E-state index contributed by atoms with van der Waals surface area (Å²) in [6, 6.07) is 6.10. The number of benzene rings is 1. The maximum Gasteiger partial charge on any atom is 0.342 e. The molecule has 0 radical (unpaired) electrons. The van der Waals surface area contributed by atoms with E-state index in [4.69, 9.17) is 9.84 Å². The fraction of sp³-hybridized carbons (Fsp3) is 0.389. The van der Waals surface area contributed by atoms with Gasteiger partial charge in [-0.2, -0.15) is 0 Å². The molecule has 124 valence electrons. The van der Waals surface area contributed by atoms with E-state index >= 15 is 0 Å². The highest BCUT2D eigenvalue weighted by molar-refractivity contribution is 6.22. The average molecular weight is 318 g/mol. The number of rotatable bonds is 6. The SMILES string of the molecule is CC(=O)C(C(=O)OC(C)C)=C(c1ccc(C(=O)O)cc1)C(C)C. The van der Waals surface area contributed by atoms with Gasteiger partial charge in [0.2, 0.25) is 0 Å². The van der Waals surface area contributed by atoms with Gasteiger partial charge in [0.25, 0.3) is 0 Å². The number of aromatic carboxylic acids is 1. The van der Waals surface area contributed by atoms with Crippen LogP contribution in [0.25, 0.3) is 5.57 Å². The predicted molar refractivity (Wildman–Crippen MR) is 87.1 cm³/mol. The van der Waals surface area contributed by atoms with Crippen molar-refractivity contribution >= 4 is 23.3 Å². The van der Waals surface area contributed by atoms with Crippen molar-refractivity contribution in [2.45, 2.75) is 40.7 Å². The highest BCUT2D eigenvalue weighted by Gasteiger charge is 2.25. The van der Waals surface area contributed by atoms with Crippen molar-refractivity contribution in [2.24, 2.45) is 5.92 Å². The molecule has 0 fully saturated rings. The lowest BCUT2D eigenvalue weighted by molar-refractivity contribution is -0.143. The van der Waals surface area contributed by atoms with E-state index in [-0.39, 0.29) is 28.9 Å². The van der Waals surface area contributed by atoms with Gasteiger partial charge in [-0.15, -0.1) is 0 Å². The van der Waals surface area contributed by atoms with E-state index in [1.807, 2.05) is 13.8 Å². The van der Waals surface area contributed by atoms with Crippen molar-refractivity contribution < 1.29 is 24.2 Å². The van der Waals surface area contributed by atoms with Crippen LogP contribution in [0.5, 0.6) is 0 Å². The van der Waals surface area contributed by atoms with E-state index in [0.29, 0.717) is 11.1 Å². The molecule has 0 heterocycles. The molecule has 0 atom stereocenters. The minimum absolute atomic E-state index is 0.0109. The summed E-state index contributed by atoms with van der Waals surface area (Å²) in [6.07, 6.45) is -0.334. The van der Waals surface area contributed by atoms with Gasteiger partial charge in [0.1, 0.15) is 5.57 Å². The maximum atomic E-state index is 12.3. The molecule has 1 aromatic rings. The second kappa shape index (κ2) is 7.72. The Balaban J connectivity index is 3.47. The Morgan fingerprint density at radius 2 is 1.43 bits per heavy atom. The van der Waals surface area contributed by atoms with Crippen LogP contribution in [0.15, 0.2) is 29.8 Å². The van der Waals surface area contributed by atoms with E-state index < -0.39 is 11.9 Å². The van der Waals surface area contributed by atoms with Crippen molar-refractivity contribution in [3.63, 3.8) is 0 Å². The number of esters is 1. The summed E-state index contributed by atoms with van der Waals surface area (Å²) in [6.45, 7) is 8.49. The molecule has 5 heteroatoms. The van der Waals surface area contributed by atoms with Gasteiger partial charge < -0.3 is 9.84 Å². The molecule has 0 aliphatic carbocycles. The second-order valence-corrected chi connectivity index (χ2v) is 5.84. The normalized spacial score (nSPS) is 12.1. The van der Waals surface area contributed by atoms with Gasteiger partial charge in [-0.25, -0.2) is 9.59 Å². The molecule has 1 aromatic carbocycles. The number of carboxylic acid groups (broad SMARTS) is 1. The van der Waals surface area contributed by atoms with E-state index in [0.717, 1.165) is 0 Å².